The van der Waals surface area contributed by atoms with Crippen LogP contribution in [-0.2, 0) is 17.8 Å². The van der Waals surface area contributed by atoms with E-state index < -0.39 is 10.0 Å². The van der Waals surface area contributed by atoms with Gasteiger partial charge in [-0.1, -0.05) is 38.1 Å². The van der Waals surface area contributed by atoms with Crippen molar-refractivity contribution < 1.29 is 9.53 Å². The van der Waals surface area contributed by atoms with Crippen molar-refractivity contribution in [3.8, 4) is 11.4 Å². The molecule has 0 fully saturated rings. The highest BCUT2D eigenvalue weighted by molar-refractivity contribution is 8.32. The number of hydrogen-bond acceptors (Lipinski definition) is 5. The largest absolute Gasteiger partial charge is 0.497 e. The minimum absolute atomic E-state index is 0.487. The summed E-state index contributed by atoms with van der Waals surface area (Å²) in [6.45, 7) is 9.07. The van der Waals surface area contributed by atoms with Gasteiger partial charge < -0.3 is 10.1 Å². The van der Waals surface area contributed by atoms with Crippen LogP contribution in [0, 0.1) is 6.92 Å². The summed E-state index contributed by atoms with van der Waals surface area (Å²) in [6, 6.07) is 14.9. The van der Waals surface area contributed by atoms with Crippen LogP contribution in [0.2, 0.25) is 0 Å². The van der Waals surface area contributed by atoms with Crippen molar-refractivity contribution in [1.29, 1.82) is 0 Å². The number of carbonyl (C=O) groups is 1. The Kier molecular flexibility index (Phi) is 11.2. The zero-order valence-electron chi connectivity index (χ0n) is 23.0. The van der Waals surface area contributed by atoms with Crippen LogP contribution < -0.4 is 10.1 Å². The number of aromatic nitrogens is 3. The van der Waals surface area contributed by atoms with E-state index in [-0.39, 0.29) is 0 Å². The number of nitrogens with one attached hydrogen (secondary N) is 1. The lowest BCUT2D eigenvalue weighted by atomic mass is 9.98. The normalized spacial score (nSPS) is 12.3. The van der Waals surface area contributed by atoms with Gasteiger partial charge in [-0.25, -0.2) is 10.0 Å². The lowest BCUT2D eigenvalue weighted by Gasteiger charge is -2.24. The molecular weight excluding hydrogens is 470 g/mol. The molecule has 0 bridgehead atoms. The maximum absolute atomic E-state index is 9.29. The number of aliphatic imine (C=N–C) groups is 1. The molecule has 1 amide bonds. The second-order valence-electron chi connectivity index (χ2n) is 8.96. The summed E-state index contributed by atoms with van der Waals surface area (Å²) in [5.74, 6) is 3.78. The van der Waals surface area contributed by atoms with Gasteiger partial charge in [0, 0.05) is 17.7 Å². The summed E-state index contributed by atoms with van der Waals surface area (Å²) in [5.41, 5.74) is 5.54. The Morgan fingerprint density at radius 3 is 2.33 bits per heavy atom. The second kappa shape index (κ2) is 13.8. The lowest BCUT2D eigenvalue weighted by molar-refractivity contribution is -0.109. The average molecular weight is 512 g/mol. The molecule has 2 aromatic carbocycles. The second-order valence-corrected chi connectivity index (χ2v) is 13.6. The molecule has 7 nitrogen and oxygen atoms in total. The first kappa shape index (κ1) is 29.1. The number of benzene rings is 2. The zero-order chi connectivity index (χ0) is 26.7. The Balaban J connectivity index is 0.000000583. The fraction of sp³-hybridized carbons (Fsp3) is 0.429. The molecule has 8 heteroatoms. The van der Waals surface area contributed by atoms with Gasteiger partial charge in [0.2, 0.25) is 6.41 Å². The third kappa shape index (κ3) is 7.68. The minimum Gasteiger partial charge on any atom is -0.497 e. The molecule has 0 radical (unpaired) electrons. The number of hydrogen-bond donors (Lipinski definition) is 1. The monoisotopic (exact) mass is 511 g/mol. The van der Waals surface area contributed by atoms with Gasteiger partial charge in [-0.15, -0.1) is 10.2 Å². The fourth-order valence-electron chi connectivity index (χ4n) is 3.67. The van der Waals surface area contributed by atoms with Gasteiger partial charge >= 0.3 is 0 Å². The van der Waals surface area contributed by atoms with Gasteiger partial charge in [-0.05, 0) is 68.6 Å². The molecule has 1 aromatic heterocycles. The van der Waals surface area contributed by atoms with Crippen molar-refractivity contribution in [2.24, 2.45) is 4.99 Å². The SMILES string of the molecule is CC.CCNC=O.COc1ccc2c(c1)C(c1ccc(CCS(C)(C)C)cc1)=NCc1nnc(C)n1-2. The Bertz CT molecular complexity index is 1150. The van der Waals surface area contributed by atoms with E-state index in [0.717, 1.165) is 52.9 Å². The number of rotatable bonds is 7. The number of nitrogens with zero attached hydrogens (tertiary/aromatic N) is 4. The summed E-state index contributed by atoms with van der Waals surface area (Å²) in [6.07, 6.45) is 8.90. The van der Waals surface area contributed by atoms with Crippen LogP contribution in [0.1, 0.15) is 49.1 Å². The molecule has 2 heterocycles. The van der Waals surface area contributed by atoms with E-state index in [1.54, 1.807) is 7.11 Å². The standard InChI is InChI=1S/C23H28N4OS.C3H7NO.C2H6/c1-16-25-26-22-15-24-23(20-14-19(28-2)10-11-21(20)27(16)22)18-8-6-17(7-9-18)12-13-29(3,4)5;1-2-4-3-5;1-2/h6-11,14H,12-13,15H2,1-5H3;3H,2H2,1H3,(H,4,5);1-2H3. The van der Waals surface area contributed by atoms with E-state index in [0.29, 0.717) is 13.0 Å². The summed E-state index contributed by atoms with van der Waals surface area (Å²) >= 11 is 0. The highest BCUT2D eigenvalue weighted by Gasteiger charge is 2.22. The van der Waals surface area contributed by atoms with Crippen molar-refractivity contribution >= 4 is 22.1 Å². The van der Waals surface area contributed by atoms with Gasteiger partial charge in [0.15, 0.2) is 5.82 Å². The van der Waals surface area contributed by atoms with Crippen molar-refractivity contribution in [2.75, 3.05) is 38.2 Å². The molecular formula is C28H41N5O2S. The quantitative estimate of drug-likeness (QED) is 0.455. The Morgan fingerprint density at radius 1 is 1.08 bits per heavy atom. The third-order valence-electron chi connectivity index (χ3n) is 5.49. The smallest absolute Gasteiger partial charge is 0.207 e. The molecule has 4 rings (SSSR count). The van der Waals surface area contributed by atoms with Gasteiger partial charge in [0.25, 0.3) is 0 Å². The van der Waals surface area contributed by atoms with Gasteiger partial charge in [-0.2, -0.15) is 0 Å². The van der Waals surface area contributed by atoms with Gasteiger partial charge in [0.1, 0.15) is 18.1 Å². The summed E-state index contributed by atoms with van der Waals surface area (Å²) in [4.78, 5) is 14.2. The Hall–Kier alpha value is -3.13. The minimum atomic E-state index is -0.487. The molecule has 0 saturated carbocycles. The number of aryl methyl sites for hydroxylation is 2. The van der Waals surface area contributed by atoms with Crippen molar-refractivity contribution in [1.82, 2.24) is 20.1 Å². The van der Waals surface area contributed by atoms with Gasteiger partial charge in [-0.3, -0.25) is 14.4 Å². The van der Waals surface area contributed by atoms with E-state index in [1.165, 1.54) is 11.3 Å². The highest BCUT2D eigenvalue weighted by atomic mass is 32.3. The van der Waals surface area contributed by atoms with Crippen LogP contribution in [0.25, 0.3) is 5.69 Å². The summed E-state index contributed by atoms with van der Waals surface area (Å²) in [5, 5.41) is 11.0. The number of amides is 1. The number of ether oxygens (including phenoxy) is 1. The molecule has 1 N–H and O–H groups in total. The predicted molar refractivity (Wildman–Crippen MR) is 153 cm³/mol. The number of carbonyl (C=O) groups excluding carboxylic acids is 1. The van der Waals surface area contributed by atoms with E-state index in [9.17, 15) is 4.79 Å². The molecule has 3 aromatic rings. The molecule has 0 saturated heterocycles. The van der Waals surface area contributed by atoms with E-state index in [1.807, 2.05) is 33.8 Å². The highest BCUT2D eigenvalue weighted by Crippen LogP contribution is 2.35. The van der Waals surface area contributed by atoms with Crippen molar-refractivity contribution in [3.05, 3.63) is 70.8 Å². The van der Waals surface area contributed by atoms with E-state index in [4.69, 9.17) is 9.73 Å². The van der Waals surface area contributed by atoms with E-state index >= 15 is 0 Å². The first-order valence-electron chi connectivity index (χ1n) is 12.3. The fourth-order valence-corrected chi connectivity index (χ4v) is 4.52. The average Bonchev–Trinajstić information content (AvgIpc) is 3.16. The molecule has 36 heavy (non-hydrogen) atoms. The van der Waals surface area contributed by atoms with Gasteiger partial charge in [0.05, 0.1) is 18.5 Å². The summed E-state index contributed by atoms with van der Waals surface area (Å²) < 4.78 is 7.58. The van der Waals surface area contributed by atoms with Crippen LogP contribution in [0.4, 0.5) is 0 Å². The van der Waals surface area contributed by atoms with Crippen molar-refractivity contribution in [2.45, 2.75) is 40.7 Å². The zero-order valence-corrected chi connectivity index (χ0v) is 23.8. The molecule has 0 unspecified atom stereocenters. The first-order valence-corrected chi connectivity index (χ1v) is 15.4. The molecule has 196 valence electrons. The lowest BCUT2D eigenvalue weighted by Crippen LogP contribution is -2.09. The predicted octanol–water partition coefficient (Wildman–Crippen LogP) is 4.95. The number of methoxy groups -OCH3 is 1. The maximum atomic E-state index is 9.29. The summed E-state index contributed by atoms with van der Waals surface area (Å²) in [7, 11) is 1.20. The topological polar surface area (TPSA) is 81.4 Å². The van der Waals surface area contributed by atoms with Crippen molar-refractivity contribution in [3.63, 3.8) is 0 Å². The van der Waals surface area contributed by atoms with Crippen LogP contribution in [0.5, 0.6) is 5.75 Å². The maximum Gasteiger partial charge on any atom is 0.207 e. The molecule has 0 atom stereocenters. The molecule has 1 aliphatic rings. The van der Waals surface area contributed by atoms with Crippen LogP contribution in [0.15, 0.2) is 47.5 Å². The first-order chi connectivity index (χ1) is 17.3. The van der Waals surface area contributed by atoms with Crippen LogP contribution in [-0.4, -0.2) is 65.1 Å². The molecule has 0 spiro atoms. The Morgan fingerprint density at radius 2 is 1.78 bits per heavy atom. The van der Waals surface area contributed by atoms with E-state index in [2.05, 4.69) is 75.2 Å². The molecule has 0 aliphatic carbocycles. The Labute approximate surface area is 217 Å². The van der Waals surface area contributed by atoms with Crippen LogP contribution >= 0.6 is 10.0 Å². The third-order valence-corrected chi connectivity index (χ3v) is 6.92. The van der Waals surface area contributed by atoms with Crippen LogP contribution in [0.3, 0.4) is 0 Å². The number of fused-ring (bicyclic) bond motifs is 3. The molecule has 1 aliphatic heterocycles.